The Balaban J connectivity index is 1.70. The van der Waals surface area contributed by atoms with E-state index in [0.29, 0.717) is 12.2 Å². The molecular weight excluding hydrogens is 214 g/mol. The summed E-state index contributed by atoms with van der Waals surface area (Å²) in [6.45, 7) is 4.43. The van der Waals surface area contributed by atoms with E-state index in [9.17, 15) is 9.90 Å². The van der Waals surface area contributed by atoms with Crippen molar-refractivity contribution in [3.63, 3.8) is 0 Å². The van der Waals surface area contributed by atoms with E-state index in [-0.39, 0.29) is 12.0 Å². The van der Waals surface area contributed by atoms with E-state index >= 15 is 0 Å². The number of carbonyl (C=O) groups excluding carboxylic acids is 1. The van der Waals surface area contributed by atoms with Crippen molar-refractivity contribution < 1.29 is 9.90 Å². The number of hydrogen-bond donors (Lipinski definition) is 1. The molecular formula is C14H25NO2. The Morgan fingerprint density at radius 1 is 1.41 bits per heavy atom. The van der Waals surface area contributed by atoms with Crippen LogP contribution in [0.4, 0.5) is 0 Å². The van der Waals surface area contributed by atoms with E-state index in [1.54, 1.807) is 0 Å². The summed E-state index contributed by atoms with van der Waals surface area (Å²) in [7, 11) is 0. The summed E-state index contributed by atoms with van der Waals surface area (Å²) in [4.78, 5) is 13.7. The Morgan fingerprint density at radius 2 is 2.12 bits per heavy atom. The van der Waals surface area contributed by atoms with E-state index < -0.39 is 0 Å². The first-order chi connectivity index (χ1) is 8.15. The van der Waals surface area contributed by atoms with Crippen LogP contribution in [0.1, 0.15) is 45.4 Å². The van der Waals surface area contributed by atoms with Crippen LogP contribution >= 0.6 is 0 Å². The maximum Gasteiger partial charge on any atom is 0.138 e. The summed E-state index contributed by atoms with van der Waals surface area (Å²) in [6.07, 6.45) is 6.70. The minimum absolute atomic E-state index is 0.155. The van der Waals surface area contributed by atoms with Crippen molar-refractivity contribution in [2.24, 2.45) is 11.8 Å². The largest absolute Gasteiger partial charge is 0.392 e. The topological polar surface area (TPSA) is 40.5 Å². The zero-order valence-electron chi connectivity index (χ0n) is 10.9. The van der Waals surface area contributed by atoms with Crippen molar-refractivity contribution >= 4 is 5.78 Å². The van der Waals surface area contributed by atoms with Gasteiger partial charge in [0.15, 0.2) is 0 Å². The van der Waals surface area contributed by atoms with Gasteiger partial charge in [0.2, 0.25) is 0 Å². The van der Waals surface area contributed by atoms with Gasteiger partial charge >= 0.3 is 0 Å². The molecule has 98 valence electrons. The van der Waals surface area contributed by atoms with Crippen molar-refractivity contribution in [3.8, 4) is 0 Å². The van der Waals surface area contributed by atoms with Crippen LogP contribution in [0.25, 0.3) is 0 Å². The molecule has 2 unspecified atom stereocenters. The Kier molecular flexibility index (Phi) is 4.57. The number of ketones is 1. The lowest BCUT2D eigenvalue weighted by Gasteiger charge is -2.32. The van der Waals surface area contributed by atoms with Crippen LogP contribution in [-0.2, 0) is 4.79 Å². The summed E-state index contributed by atoms with van der Waals surface area (Å²) in [5, 5.41) is 10.1. The molecule has 0 spiro atoms. The van der Waals surface area contributed by atoms with Gasteiger partial charge < -0.3 is 5.11 Å². The molecule has 2 fully saturated rings. The van der Waals surface area contributed by atoms with Crippen molar-refractivity contribution in [1.82, 2.24) is 4.90 Å². The highest BCUT2D eigenvalue weighted by Gasteiger charge is 2.26. The number of piperidine rings is 1. The van der Waals surface area contributed by atoms with Gasteiger partial charge in [0, 0.05) is 32.0 Å². The van der Waals surface area contributed by atoms with Crippen LogP contribution in [0, 0.1) is 11.8 Å². The molecule has 3 heteroatoms. The second-order valence-electron chi connectivity index (χ2n) is 5.92. The van der Waals surface area contributed by atoms with E-state index in [0.717, 1.165) is 32.0 Å². The molecule has 0 aromatic rings. The summed E-state index contributed by atoms with van der Waals surface area (Å²) < 4.78 is 0. The lowest BCUT2D eigenvalue weighted by molar-refractivity contribution is -0.126. The molecule has 2 rings (SSSR count). The Labute approximate surface area is 104 Å². The molecule has 17 heavy (non-hydrogen) atoms. The van der Waals surface area contributed by atoms with Gasteiger partial charge in [-0.05, 0) is 12.3 Å². The standard InChI is InChI=1S/C14H25NO2/c1-11-9-15(7-6-14(11)17)10-13(16)8-12-4-2-3-5-12/h11-13,16H,2-10H2,1H3. The van der Waals surface area contributed by atoms with Gasteiger partial charge in [-0.25, -0.2) is 0 Å². The van der Waals surface area contributed by atoms with E-state index in [4.69, 9.17) is 0 Å². The molecule has 1 saturated carbocycles. The molecule has 2 aliphatic rings. The van der Waals surface area contributed by atoms with Gasteiger partial charge in [0.25, 0.3) is 0 Å². The minimum Gasteiger partial charge on any atom is -0.392 e. The molecule has 0 aromatic heterocycles. The number of hydrogen-bond acceptors (Lipinski definition) is 3. The molecule has 3 nitrogen and oxygen atoms in total. The second-order valence-corrected chi connectivity index (χ2v) is 5.92. The van der Waals surface area contributed by atoms with Crippen LogP contribution in [0.3, 0.4) is 0 Å². The van der Waals surface area contributed by atoms with Crippen LogP contribution in [0.5, 0.6) is 0 Å². The molecule has 1 heterocycles. The Bertz CT molecular complexity index is 261. The Hall–Kier alpha value is -0.410. The fraction of sp³-hybridized carbons (Fsp3) is 0.929. The van der Waals surface area contributed by atoms with E-state index in [2.05, 4.69) is 4.90 Å². The fourth-order valence-corrected chi connectivity index (χ4v) is 3.26. The quantitative estimate of drug-likeness (QED) is 0.814. The molecule has 1 saturated heterocycles. The number of aliphatic hydroxyl groups is 1. The first-order valence-corrected chi connectivity index (χ1v) is 7.08. The lowest BCUT2D eigenvalue weighted by atomic mass is 9.96. The highest BCUT2D eigenvalue weighted by Crippen LogP contribution is 2.28. The van der Waals surface area contributed by atoms with Crippen LogP contribution in [-0.4, -0.2) is 41.5 Å². The van der Waals surface area contributed by atoms with Gasteiger partial charge in [-0.15, -0.1) is 0 Å². The average molecular weight is 239 g/mol. The second kappa shape index (κ2) is 5.96. The predicted octanol–water partition coefficient (Wildman–Crippen LogP) is 1.84. The van der Waals surface area contributed by atoms with E-state index in [1.165, 1.54) is 25.7 Å². The predicted molar refractivity (Wildman–Crippen MR) is 67.8 cm³/mol. The molecule has 1 aliphatic heterocycles. The first-order valence-electron chi connectivity index (χ1n) is 7.08. The summed E-state index contributed by atoms with van der Waals surface area (Å²) in [6, 6.07) is 0. The number of rotatable bonds is 4. The summed E-state index contributed by atoms with van der Waals surface area (Å²) >= 11 is 0. The average Bonchev–Trinajstić information content (AvgIpc) is 2.76. The lowest BCUT2D eigenvalue weighted by Crippen LogP contribution is -2.43. The van der Waals surface area contributed by atoms with Gasteiger partial charge in [-0.3, -0.25) is 9.69 Å². The number of nitrogens with zero attached hydrogens (tertiary/aromatic N) is 1. The number of carbonyl (C=O) groups is 1. The van der Waals surface area contributed by atoms with Crippen LogP contribution in [0.15, 0.2) is 0 Å². The summed E-state index contributed by atoms with van der Waals surface area (Å²) in [5.41, 5.74) is 0. The Morgan fingerprint density at radius 3 is 2.76 bits per heavy atom. The third-order valence-corrected chi connectivity index (χ3v) is 4.31. The third-order valence-electron chi connectivity index (χ3n) is 4.31. The summed E-state index contributed by atoms with van der Waals surface area (Å²) in [5.74, 6) is 1.28. The van der Waals surface area contributed by atoms with Gasteiger partial charge in [0.1, 0.15) is 5.78 Å². The fourth-order valence-electron chi connectivity index (χ4n) is 3.26. The minimum atomic E-state index is -0.196. The van der Waals surface area contributed by atoms with Crippen molar-refractivity contribution in [1.29, 1.82) is 0 Å². The zero-order chi connectivity index (χ0) is 12.3. The molecule has 0 radical (unpaired) electrons. The van der Waals surface area contributed by atoms with Crippen molar-refractivity contribution in [3.05, 3.63) is 0 Å². The zero-order valence-corrected chi connectivity index (χ0v) is 10.9. The molecule has 0 bridgehead atoms. The van der Waals surface area contributed by atoms with Gasteiger partial charge in [0.05, 0.1) is 6.10 Å². The van der Waals surface area contributed by atoms with Crippen molar-refractivity contribution in [2.75, 3.05) is 19.6 Å². The number of β-amino-alcohol motifs (C(OH)–C–C–N with tert-alkyl or cyclic N) is 1. The van der Waals surface area contributed by atoms with Crippen LogP contribution in [0.2, 0.25) is 0 Å². The highest BCUT2D eigenvalue weighted by molar-refractivity contribution is 5.81. The first kappa shape index (κ1) is 13.0. The monoisotopic (exact) mass is 239 g/mol. The molecule has 0 aromatic carbocycles. The molecule has 1 aliphatic carbocycles. The third kappa shape index (κ3) is 3.78. The molecule has 0 amide bonds. The van der Waals surface area contributed by atoms with Crippen LogP contribution < -0.4 is 0 Å². The number of likely N-dealkylation sites (tertiary alicyclic amines) is 1. The molecule has 1 N–H and O–H groups in total. The van der Waals surface area contributed by atoms with E-state index in [1.807, 2.05) is 6.92 Å². The number of Topliss-reactive ketones (excluding diaryl/α,β-unsaturated/α-hetero) is 1. The SMILES string of the molecule is CC1CN(CC(O)CC2CCCC2)CCC1=O. The maximum absolute atomic E-state index is 11.4. The normalized spacial score (nSPS) is 29.8. The van der Waals surface area contributed by atoms with Gasteiger partial charge in [-0.1, -0.05) is 32.6 Å². The highest BCUT2D eigenvalue weighted by atomic mass is 16.3. The maximum atomic E-state index is 11.4. The molecule has 2 atom stereocenters. The van der Waals surface area contributed by atoms with Crippen molar-refractivity contribution in [2.45, 2.75) is 51.6 Å². The smallest absolute Gasteiger partial charge is 0.138 e. The number of aliphatic hydroxyl groups excluding tert-OH is 1. The van der Waals surface area contributed by atoms with Gasteiger partial charge in [-0.2, -0.15) is 0 Å².